The molecule has 0 aliphatic rings. The number of rotatable bonds is 8. The second-order valence-electron chi connectivity index (χ2n) is 5.42. The Labute approximate surface area is 121 Å². The molecule has 0 aromatic carbocycles. The monoisotopic (exact) mass is 285 g/mol. The standard InChI is InChI=1S/C14H27N3OS/c1-10(2)7-11(3)17(5)14-16-12(9-18-6)13(19-14)8-15-4/h10-11,15H,7-9H2,1-6H3. The molecule has 0 fully saturated rings. The van der Waals surface area contributed by atoms with Gasteiger partial charge in [0, 0.05) is 31.6 Å². The Bertz CT molecular complexity index is 355. The molecule has 1 heterocycles. The van der Waals surface area contributed by atoms with E-state index in [0.717, 1.165) is 17.4 Å². The average Bonchev–Trinajstić information content (AvgIpc) is 2.72. The lowest BCUT2D eigenvalue weighted by atomic mass is 10.0. The van der Waals surface area contributed by atoms with E-state index < -0.39 is 0 Å². The van der Waals surface area contributed by atoms with E-state index in [2.05, 4.69) is 38.0 Å². The lowest BCUT2D eigenvalue weighted by Gasteiger charge is -2.25. The maximum Gasteiger partial charge on any atom is 0.185 e. The molecule has 0 amide bonds. The average molecular weight is 285 g/mol. The fourth-order valence-electron chi connectivity index (χ4n) is 2.10. The van der Waals surface area contributed by atoms with E-state index in [4.69, 9.17) is 9.72 Å². The predicted octanol–water partition coefficient (Wildman–Crippen LogP) is 2.88. The van der Waals surface area contributed by atoms with Gasteiger partial charge in [0.05, 0.1) is 12.3 Å². The van der Waals surface area contributed by atoms with Crippen molar-refractivity contribution in [2.24, 2.45) is 5.92 Å². The Hall–Kier alpha value is -0.650. The summed E-state index contributed by atoms with van der Waals surface area (Å²) in [6.45, 7) is 8.21. The van der Waals surface area contributed by atoms with Crippen molar-refractivity contribution in [3.63, 3.8) is 0 Å². The first-order valence-corrected chi connectivity index (χ1v) is 7.66. The van der Waals surface area contributed by atoms with Crippen molar-refractivity contribution in [3.05, 3.63) is 10.6 Å². The number of thiazole rings is 1. The van der Waals surface area contributed by atoms with Crippen LogP contribution in [0.3, 0.4) is 0 Å². The van der Waals surface area contributed by atoms with Crippen molar-refractivity contribution in [1.29, 1.82) is 0 Å². The highest BCUT2D eigenvalue weighted by molar-refractivity contribution is 7.15. The minimum Gasteiger partial charge on any atom is -0.378 e. The zero-order chi connectivity index (χ0) is 14.4. The second kappa shape index (κ2) is 7.82. The highest BCUT2D eigenvalue weighted by atomic mass is 32.1. The fraction of sp³-hybridized carbons (Fsp3) is 0.786. The van der Waals surface area contributed by atoms with Crippen LogP contribution in [0.15, 0.2) is 0 Å². The molecule has 1 aromatic heterocycles. The summed E-state index contributed by atoms with van der Waals surface area (Å²) in [4.78, 5) is 8.27. The summed E-state index contributed by atoms with van der Waals surface area (Å²) in [7, 11) is 5.81. The molecule has 0 bridgehead atoms. The molecule has 0 saturated heterocycles. The molecule has 0 spiro atoms. The van der Waals surface area contributed by atoms with Crippen LogP contribution in [0.2, 0.25) is 0 Å². The Balaban J connectivity index is 2.84. The largest absolute Gasteiger partial charge is 0.378 e. The van der Waals surface area contributed by atoms with Gasteiger partial charge < -0.3 is 15.0 Å². The molecule has 19 heavy (non-hydrogen) atoms. The SMILES string of the molecule is CNCc1sc(N(C)C(C)CC(C)C)nc1COC. The Kier molecular flexibility index (Phi) is 6.75. The molecule has 1 rings (SSSR count). The molecule has 1 atom stereocenters. The first-order chi connectivity index (χ1) is 8.99. The van der Waals surface area contributed by atoms with E-state index in [1.54, 1.807) is 18.4 Å². The maximum atomic E-state index is 5.23. The fourth-order valence-corrected chi connectivity index (χ4v) is 3.24. The zero-order valence-electron chi connectivity index (χ0n) is 13.0. The van der Waals surface area contributed by atoms with E-state index in [1.165, 1.54) is 11.3 Å². The Morgan fingerprint density at radius 2 is 2.05 bits per heavy atom. The van der Waals surface area contributed by atoms with Crippen LogP contribution in [0.1, 0.15) is 37.8 Å². The molecule has 4 nitrogen and oxygen atoms in total. The van der Waals surface area contributed by atoms with Gasteiger partial charge in [0.25, 0.3) is 0 Å². The molecule has 5 heteroatoms. The van der Waals surface area contributed by atoms with Gasteiger partial charge in [0.15, 0.2) is 5.13 Å². The first kappa shape index (κ1) is 16.4. The third-order valence-corrected chi connectivity index (χ3v) is 4.35. The number of methoxy groups -OCH3 is 1. The predicted molar refractivity (Wildman–Crippen MR) is 82.9 cm³/mol. The van der Waals surface area contributed by atoms with Crippen LogP contribution in [0.4, 0.5) is 5.13 Å². The summed E-state index contributed by atoms with van der Waals surface area (Å²) in [5.41, 5.74) is 1.06. The third-order valence-electron chi connectivity index (χ3n) is 3.16. The Morgan fingerprint density at radius 3 is 2.58 bits per heavy atom. The van der Waals surface area contributed by atoms with Gasteiger partial charge in [-0.25, -0.2) is 4.98 Å². The van der Waals surface area contributed by atoms with E-state index in [9.17, 15) is 0 Å². The highest BCUT2D eigenvalue weighted by Gasteiger charge is 2.18. The topological polar surface area (TPSA) is 37.4 Å². The van der Waals surface area contributed by atoms with Gasteiger partial charge in [0.1, 0.15) is 0 Å². The maximum absolute atomic E-state index is 5.23. The number of hydrogen-bond donors (Lipinski definition) is 1. The number of nitrogens with one attached hydrogen (secondary N) is 1. The highest BCUT2D eigenvalue weighted by Crippen LogP contribution is 2.28. The molecule has 1 aromatic rings. The van der Waals surface area contributed by atoms with Gasteiger partial charge in [-0.1, -0.05) is 13.8 Å². The molecule has 110 valence electrons. The lowest BCUT2D eigenvalue weighted by Crippen LogP contribution is -2.29. The molecule has 1 N–H and O–H groups in total. The van der Waals surface area contributed by atoms with Crippen molar-refractivity contribution in [2.75, 3.05) is 26.1 Å². The zero-order valence-corrected chi connectivity index (χ0v) is 13.8. The van der Waals surface area contributed by atoms with Crippen molar-refractivity contribution in [3.8, 4) is 0 Å². The van der Waals surface area contributed by atoms with Crippen LogP contribution in [0.5, 0.6) is 0 Å². The van der Waals surface area contributed by atoms with Crippen molar-refractivity contribution < 1.29 is 4.74 Å². The number of hydrogen-bond acceptors (Lipinski definition) is 5. The van der Waals surface area contributed by atoms with Crippen LogP contribution < -0.4 is 10.2 Å². The minimum absolute atomic E-state index is 0.504. The summed E-state index contributed by atoms with van der Waals surface area (Å²) < 4.78 is 5.23. The summed E-state index contributed by atoms with van der Waals surface area (Å²) in [5, 5.41) is 4.28. The molecule has 0 aliphatic heterocycles. The first-order valence-electron chi connectivity index (χ1n) is 6.84. The van der Waals surface area contributed by atoms with Crippen LogP contribution in [0.25, 0.3) is 0 Å². The lowest BCUT2D eigenvalue weighted by molar-refractivity contribution is 0.181. The third kappa shape index (κ3) is 4.75. The van der Waals surface area contributed by atoms with Gasteiger partial charge in [-0.2, -0.15) is 0 Å². The second-order valence-corrected chi connectivity index (χ2v) is 6.48. The number of ether oxygens (including phenoxy) is 1. The summed E-state index contributed by atoms with van der Waals surface area (Å²) in [6.07, 6.45) is 1.18. The number of aromatic nitrogens is 1. The molecule has 0 radical (unpaired) electrons. The minimum atomic E-state index is 0.504. The van der Waals surface area contributed by atoms with E-state index in [-0.39, 0.29) is 0 Å². The molecule has 0 aliphatic carbocycles. The summed E-state index contributed by atoms with van der Waals surface area (Å²) in [6, 6.07) is 0.504. The van der Waals surface area contributed by atoms with Crippen LogP contribution in [-0.2, 0) is 17.9 Å². The Morgan fingerprint density at radius 1 is 1.37 bits per heavy atom. The van der Waals surface area contributed by atoms with Crippen molar-refractivity contribution in [1.82, 2.24) is 10.3 Å². The summed E-state index contributed by atoms with van der Waals surface area (Å²) >= 11 is 1.76. The van der Waals surface area contributed by atoms with Crippen LogP contribution >= 0.6 is 11.3 Å². The van der Waals surface area contributed by atoms with E-state index in [1.807, 2.05) is 7.05 Å². The number of nitrogens with zero attached hydrogens (tertiary/aromatic N) is 2. The van der Waals surface area contributed by atoms with Gasteiger partial charge in [-0.3, -0.25) is 0 Å². The van der Waals surface area contributed by atoms with Crippen LogP contribution in [-0.4, -0.2) is 32.2 Å². The quantitative estimate of drug-likeness (QED) is 0.797. The smallest absolute Gasteiger partial charge is 0.185 e. The molecule has 0 saturated carbocycles. The van der Waals surface area contributed by atoms with Crippen molar-refractivity contribution >= 4 is 16.5 Å². The van der Waals surface area contributed by atoms with Gasteiger partial charge >= 0.3 is 0 Å². The number of anilines is 1. The van der Waals surface area contributed by atoms with Crippen molar-refractivity contribution in [2.45, 2.75) is 46.4 Å². The van der Waals surface area contributed by atoms with Gasteiger partial charge in [0.2, 0.25) is 0 Å². The van der Waals surface area contributed by atoms with Gasteiger partial charge in [-0.05, 0) is 26.3 Å². The molecular formula is C14H27N3OS. The summed E-state index contributed by atoms with van der Waals surface area (Å²) in [5.74, 6) is 0.702. The molecular weight excluding hydrogens is 258 g/mol. The van der Waals surface area contributed by atoms with E-state index >= 15 is 0 Å². The van der Waals surface area contributed by atoms with E-state index in [0.29, 0.717) is 18.6 Å². The van der Waals surface area contributed by atoms with Gasteiger partial charge in [-0.15, -0.1) is 11.3 Å². The normalized spacial score (nSPS) is 13.0. The molecule has 1 unspecified atom stereocenters. The van der Waals surface area contributed by atoms with Crippen LogP contribution in [0, 0.1) is 5.92 Å².